The summed E-state index contributed by atoms with van der Waals surface area (Å²) in [5.74, 6) is -2.50. The molecule has 0 unspecified atom stereocenters. The van der Waals surface area contributed by atoms with E-state index >= 15 is 0 Å². The van der Waals surface area contributed by atoms with Crippen molar-refractivity contribution in [2.24, 2.45) is 5.73 Å². The van der Waals surface area contributed by atoms with Gasteiger partial charge in [-0.1, -0.05) is 0 Å². The molecule has 76 valence electrons. The standard InChI is InChI=1S/C4H7NO4.HNO3/c5-2(4(8)9)1-3(6)7;2-1(3)4/h2H,1,5H2,(H,6,7)(H,8,9);(H,2,3,4)/t2-;/m0./s1. The highest BCUT2D eigenvalue weighted by Gasteiger charge is 2.14. The Hall–Kier alpha value is -1.90. The minimum atomic E-state index is -1.50. The van der Waals surface area contributed by atoms with Crippen molar-refractivity contribution in [1.29, 1.82) is 0 Å². The van der Waals surface area contributed by atoms with E-state index in [0.717, 1.165) is 0 Å². The second-order valence-electron chi connectivity index (χ2n) is 1.78. The Morgan fingerprint density at radius 1 is 1.46 bits per heavy atom. The van der Waals surface area contributed by atoms with Crippen LogP contribution in [0, 0.1) is 10.1 Å². The molecule has 0 spiro atoms. The smallest absolute Gasteiger partial charge is 0.321 e. The second-order valence-corrected chi connectivity index (χ2v) is 1.78. The molecule has 0 bridgehead atoms. The number of aliphatic carboxylic acids is 2. The summed E-state index contributed by atoms with van der Waals surface area (Å²) in [5.41, 5.74) is 4.84. The number of nitrogens with two attached hydrogens (primary N) is 1. The average molecular weight is 196 g/mol. The predicted octanol–water partition coefficient (Wildman–Crippen LogP) is -1.47. The fourth-order valence-electron chi connectivity index (χ4n) is 0.275. The third-order valence-electron chi connectivity index (χ3n) is 0.712. The molecule has 0 fully saturated rings. The molecule has 1 atom stereocenters. The van der Waals surface area contributed by atoms with Crippen molar-refractivity contribution < 1.29 is 30.1 Å². The molecule has 0 amide bonds. The summed E-state index contributed by atoms with van der Waals surface area (Å²) < 4.78 is 0. The Balaban J connectivity index is 0. The summed E-state index contributed by atoms with van der Waals surface area (Å²) in [4.78, 5) is 28.0. The van der Waals surface area contributed by atoms with Crippen LogP contribution in [0.4, 0.5) is 0 Å². The predicted molar refractivity (Wildman–Crippen MR) is 36.6 cm³/mol. The summed E-state index contributed by atoms with van der Waals surface area (Å²) in [6.45, 7) is 0. The van der Waals surface area contributed by atoms with Gasteiger partial charge in [0.25, 0.3) is 5.09 Å². The molecule has 0 saturated carbocycles. The number of rotatable bonds is 3. The third kappa shape index (κ3) is 17.8. The van der Waals surface area contributed by atoms with Gasteiger partial charge in [0.2, 0.25) is 0 Å². The zero-order chi connectivity index (χ0) is 11.0. The zero-order valence-corrected chi connectivity index (χ0v) is 6.28. The normalized spacial score (nSPS) is 10.5. The van der Waals surface area contributed by atoms with Gasteiger partial charge in [0.1, 0.15) is 6.04 Å². The van der Waals surface area contributed by atoms with Crippen molar-refractivity contribution in [2.45, 2.75) is 12.5 Å². The van der Waals surface area contributed by atoms with E-state index in [4.69, 9.17) is 31.3 Å². The van der Waals surface area contributed by atoms with Crippen molar-refractivity contribution in [2.75, 3.05) is 0 Å². The lowest BCUT2D eigenvalue weighted by Crippen LogP contribution is -2.32. The number of carboxylic acids is 2. The summed E-state index contributed by atoms with van der Waals surface area (Å²) in [5, 5.41) is 29.7. The molecule has 0 rings (SSSR count). The Labute approximate surface area is 71.5 Å². The van der Waals surface area contributed by atoms with Gasteiger partial charge in [0.05, 0.1) is 6.42 Å². The van der Waals surface area contributed by atoms with Crippen LogP contribution in [-0.2, 0) is 9.59 Å². The fraction of sp³-hybridized carbons (Fsp3) is 0.500. The molecule has 9 heteroatoms. The van der Waals surface area contributed by atoms with Crippen LogP contribution in [0.3, 0.4) is 0 Å². The van der Waals surface area contributed by atoms with Crippen molar-refractivity contribution in [3.63, 3.8) is 0 Å². The van der Waals surface area contributed by atoms with E-state index in [-0.39, 0.29) is 0 Å². The molecular formula is C4H8N2O7. The van der Waals surface area contributed by atoms with Crippen LogP contribution in [0.15, 0.2) is 0 Å². The van der Waals surface area contributed by atoms with Gasteiger partial charge in [0.15, 0.2) is 0 Å². The molecular weight excluding hydrogens is 188 g/mol. The lowest BCUT2D eigenvalue weighted by atomic mass is 10.2. The van der Waals surface area contributed by atoms with Gasteiger partial charge in [-0.25, -0.2) is 0 Å². The summed E-state index contributed by atoms with van der Waals surface area (Å²) in [7, 11) is 0. The first-order chi connectivity index (χ1) is 5.77. The van der Waals surface area contributed by atoms with Gasteiger partial charge in [-0.15, -0.1) is 10.1 Å². The molecule has 9 nitrogen and oxygen atoms in total. The third-order valence-corrected chi connectivity index (χ3v) is 0.712. The van der Waals surface area contributed by atoms with E-state index in [0.29, 0.717) is 0 Å². The monoisotopic (exact) mass is 196 g/mol. The molecule has 0 heterocycles. The topological polar surface area (TPSA) is 164 Å². The highest BCUT2D eigenvalue weighted by Crippen LogP contribution is 1.86. The summed E-state index contributed by atoms with van der Waals surface area (Å²) in [6.07, 6.45) is -0.532. The van der Waals surface area contributed by atoms with Gasteiger partial charge in [0, 0.05) is 0 Å². The van der Waals surface area contributed by atoms with Crippen LogP contribution in [-0.4, -0.2) is 38.5 Å². The average Bonchev–Trinajstić information content (AvgIpc) is 1.83. The Morgan fingerprint density at radius 2 is 1.77 bits per heavy atom. The summed E-state index contributed by atoms with van der Waals surface area (Å²) >= 11 is 0. The molecule has 0 aliphatic heterocycles. The van der Waals surface area contributed by atoms with Crippen LogP contribution < -0.4 is 5.73 Å². The highest BCUT2D eigenvalue weighted by molar-refractivity contribution is 5.80. The zero-order valence-electron chi connectivity index (χ0n) is 6.28. The summed E-state index contributed by atoms with van der Waals surface area (Å²) in [6, 6.07) is -1.29. The molecule has 0 radical (unpaired) electrons. The minimum Gasteiger partial charge on any atom is -0.481 e. The van der Waals surface area contributed by atoms with Crippen LogP contribution in [0.25, 0.3) is 0 Å². The maximum atomic E-state index is 9.85. The molecule has 0 aromatic carbocycles. The van der Waals surface area contributed by atoms with E-state index in [2.05, 4.69) is 0 Å². The fourth-order valence-corrected chi connectivity index (χ4v) is 0.275. The van der Waals surface area contributed by atoms with Crippen molar-refractivity contribution in [1.82, 2.24) is 0 Å². The minimum absolute atomic E-state index is 0.532. The van der Waals surface area contributed by atoms with Crippen LogP contribution in [0.1, 0.15) is 6.42 Å². The number of hydrogen-bond acceptors (Lipinski definition) is 5. The number of carboxylic acid groups (broad SMARTS) is 2. The second kappa shape index (κ2) is 6.79. The highest BCUT2D eigenvalue weighted by atomic mass is 16.9. The first-order valence-corrected chi connectivity index (χ1v) is 2.80. The molecule has 0 aliphatic carbocycles. The largest absolute Gasteiger partial charge is 0.481 e. The number of nitrogens with zero attached hydrogens (tertiary/aromatic N) is 1. The van der Waals surface area contributed by atoms with Gasteiger partial charge in [-0.2, -0.15) is 0 Å². The van der Waals surface area contributed by atoms with E-state index < -0.39 is 29.5 Å². The van der Waals surface area contributed by atoms with Gasteiger partial charge in [-0.3, -0.25) is 9.59 Å². The van der Waals surface area contributed by atoms with Crippen LogP contribution >= 0.6 is 0 Å². The molecule has 0 aromatic heterocycles. The molecule has 13 heavy (non-hydrogen) atoms. The molecule has 0 saturated heterocycles. The van der Waals surface area contributed by atoms with E-state index in [1.165, 1.54) is 0 Å². The number of hydrogen-bond donors (Lipinski definition) is 4. The Morgan fingerprint density at radius 3 is 1.85 bits per heavy atom. The maximum Gasteiger partial charge on any atom is 0.321 e. The quantitative estimate of drug-likeness (QED) is 0.313. The Bertz CT molecular complexity index is 199. The van der Waals surface area contributed by atoms with Crippen molar-refractivity contribution in [3.05, 3.63) is 10.1 Å². The molecule has 0 aromatic rings. The molecule has 5 N–H and O–H groups in total. The first kappa shape index (κ1) is 13.7. The van der Waals surface area contributed by atoms with E-state index in [9.17, 15) is 9.59 Å². The maximum absolute atomic E-state index is 9.85. The van der Waals surface area contributed by atoms with E-state index in [1.54, 1.807) is 0 Å². The Kier molecular flexibility index (Phi) is 7.14. The lowest BCUT2D eigenvalue weighted by molar-refractivity contribution is -0.742. The first-order valence-electron chi connectivity index (χ1n) is 2.80. The van der Waals surface area contributed by atoms with Gasteiger partial charge < -0.3 is 21.2 Å². The van der Waals surface area contributed by atoms with Gasteiger partial charge in [-0.05, 0) is 0 Å². The van der Waals surface area contributed by atoms with Gasteiger partial charge >= 0.3 is 11.9 Å². The SMILES string of the molecule is N[C@@H](CC(=O)O)C(=O)O.O=[N+]([O-])O. The van der Waals surface area contributed by atoms with Crippen molar-refractivity contribution >= 4 is 11.9 Å². The van der Waals surface area contributed by atoms with Crippen LogP contribution in [0.2, 0.25) is 0 Å². The van der Waals surface area contributed by atoms with Crippen molar-refractivity contribution in [3.8, 4) is 0 Å². The van der Waals surface area contributed by atoms with Crippen LogP contribution in [0.5, 0.6) is 0 Å². The van der Waals surface area contributed by atoms with E-state index in [1.807, 2.05) is 0 Å². The number of carbonyl (C=O) groups is 2. The molecule has 0 aliphatic rings. The lowest BCUT2D eigenvalue weighted by Gasteiger charge is -1.99.